The van der Waals surface area contributed by atoms with Gasteiger partial charge in [-0.15, -0.1) is 0 Å². The fourth-order valence-electron chi connectivity index (χ4n) is 0.265. The van der Waals surface area contributed by atoms with E-state index in [-0.39, 0.29) is 51.4 Å². The predicted molar refractivity (Wildman–Crippen MR) is 55.0 cm³/mol. The molecule has 0 rings (SSSR count). The number of hydrogen-bond donors (Lipinski definition) is 2. The Morgan fingerprint density at radius 2 is 0.789 bits per heavy atom. The van der Waals surface area contributed by atoms with Gasteiger partial charge >= 0.3 is 134 Å². The number of hydrogen-bond acceptors (Lipinski definition) is 8. The van der Waals surface area contributed by atoms with Crippen LogP contribution in [0.15, 0.2) is 0 Å². The SMILES string of the molecule is N#[C][Fe]([C]#N)([C]#N)([C]#N)([C]#N)[C]#N.O=S(=O)(O)O.[KH]. The second kappa shape index (κ2) is 6.41. The van der Waals surface area contributed by atoms with Crippen LogP contribution in [-0.4, -0.2) is 68.9 Å². The molecule has 0 atom stereocenters. The van der Waals surface area contributed by atoms with Crippen molar-refractivity contribution in [2.45, 2.75) is 0 Å². The molecular formula is C6H3FeKN6O4S. The summed E-state index contributed by atoms with van der Waals surface area (Å²) in [5, 5.41) is 51.5. The van der Waals surface area contributed by atoms with Crippen molar-refractivity contribution >= 4 is 61.8 Å². The Labute approximate surface area is 149 Å². The van der Waals surface area contributed by atoms with Gasteiger partial charge in [-0.2, -0.15) is 8.42 Å². The first-order chi connectivity index (χ1) is 7.97. The van der Waals surface area contributed by atoms with Crippen LogP contribution in [0, 0.1) is 61.4 Å². The normalized spacial score (nSPS) is 12.2. The molecule has 0 radical (unpaired) electrons. The summed E-state index contributed by atoms with van der Waals surface area (Å²) >= 11 is 0. The van der Waals surface area contributed by atoms with E-state index in [1.54, 1.807) is 0 Å². The van der Waals surface area contributed by atoms with Crippen LogP contribution < -0.4 is 0 Å². The van der Waals surface area contributed by atoms with Crippen molar-refractivity contribution in [3.63, 3.8) is 0 Å². The van der Waals surface area contributed by atoms with Crippen molar-refractivity contribution in [2.24, 2.45) is 0 Å². The maximum atomic E-state index is 8.74. The molecule has 0 heterocycles. The molecule has 0 aliphatic rings. The van der Waals surface area contributed by atoms with Gasteiger partial charge in [-0.05, 0) is 0 Å². The molecule has 13 heteroatoms. The fourth-order valence-corrected chi connectivity index (χ4v) is 1.09. The molecule has 0 aromatic carbocycles. The Kier molecular flexibility index (Phi) is 7.79. The number of nitriles is 6. The van der Waals surface area contributed by atoms with Crippen molar-refractivity contribution in [1.29, 1.82) is 31.6 Å². The van der Waals surface area contributed by atoms with Crippen molar-refractivity contribution in [3.05, 3.63) is 0 Å². The molecule has 0 bridgehead atoms. The van der Waals surface area contributed by atoms with Gasteiger partial charge in [0.05, 0.1) is 0 Å². The molecule has 0 aromatic rings. The Morgan fingerprint density at radius 1 is 0.684 bits per heavy atom. The van der Waals surface area contributed by atoms with Crippen molar-refractivity contribution in [1.82, 2.24) is 0 Å². The van der Waals surface area contributed by atoms with Gasteiger partial charge in [-0.3, -0.25) is 9.11 Å². The van der Waals surface area contributed by atoms with Crippen LogP contribution in [0.25, 0.3) is 0 Å². The Hall–Kier alpha value is -1.03. The summed E-state index contributed by atoms with van der Waals surface area (Å²) in [7, 11) is -10.8. The molecule has 0 aliphatic heterocycles. The van der Waals surface area contributed by atoms with E-state index in [2.05, 4.69) is 0 Å². The molecular weight excluding hydrogens is 347 g/mol. The van der Waals surface area contributed by atoms with Crippen molar-refractivity contribution < 1.29 is 28.3 Å². The average Bonchev–Trinajstić information content (AvgIpc) is 2.34. The minimum atomic E-state index is -6.17. The summed E-state index contributed by atoms with van der Waals surface area (Å²) in [6.45, 7) is 0. The van der Waals surface area contributed by atoms with Crippen molar-refractivity contribution in [2.75, 3.05) is 0 Å². The average molecular weight is 350 g/mol. The third kappa shape index (κ3) is 4.53. The van der Waals surface area contributed by atoms with Crippen molar-refractivity contribution in [3.8, 4) is 29.8 Å². The number of rotatable bonds is 0. The fraction of sp³-hybridized carbons (Fsp3) is 0. The van der Waals surface area contributed by atoms with E-state index in [1.165, 1.54) is 0 Å². The third-order valence-electron chi connectivity index (χ3n) is 1.19. The summed E-state index contributed by atoms with van der Waals surface area (Å²) in [5.41, 5.74) is 0. The molecule has 0 fully saturated rings. The zero-order chi connectivity index (χ0) is 15.2. The zero-order valence-electron chi connectivity index (χ0n) is 8.16. The quantitative estimate of drug-likeness (QED) is 0.392. The van der Waals surface area contributed by atoms with Gasteiger partial charge in [0.15, 0.2) is 0 Å². The van der Waals surface area contributed by atoms with E-state index < -0.39 is 21.1 Å². The molecule has 0 spiro atoms. The predicted octanol–water partition coefficient (Wildman–Crippen LogP) is -1.20. The van der Waals surface area contributed by atoms with E-state index >= 15 is 0 Å². The first-order valence-corrected chi connectivity index (χ1v) is 7.81. The summed E-state index contributed by atoms with van der Waals surface area (Å²) in [6.07, 6.45) is 0. The second-order valence-electron chi connectivity index (χ2n) is 2.25. The van der Waals surface area contributed by atoms with Gasteiger partial charge in [0.25, 0.3) is 0 Å². The van der Waals surface area contributed by atoms with Crippen LogP contribution in [-0.2, 0) is 21.1 Å². The molecule has 10 nitrogen and oxygen atoms in total. The minimum absolute atomic E-state index is 0. The summed E-state index contributed by atoms with van der Waals surface area (Å²) in [4.78, 5) is 6.19. The molecule has 0 aromatic heterocycles. The summed E-state index contributed by atoms with van der Waals surface area (Å²) < 4.78 is 31.6. The van der Waals surface area contributed by atoms with Crippen LogP contribution in [0.4, 0.5) is 0 Å². The molecule has 0 saturated carbocycles. The Balaban J connectivity index is -0.000000366. The van der Waals surface area contributed by atoms with E-state index in [4.69, 9.17) is 49.1 Å². The van der Waals surface area contributed by atoms with E-state index in [0.717, 1.165) is 29.8 Å². The number of nitrogens with zero attached hydrogens (tertiary/aromatic N) is 6. The van der Waals surface area contributed by atoms with E-state index in [1.807, 2.05) is 0 Å². The topological polar surface area (TPSA) is 217 Å². The van der Waals surface area contributed by atoms with Crippen LogP contribution in [0.3, 0.4) is 0 Å². The zero-order valence-corrected chi connectivity index (χ0v) is 10.1. The van der Waals surface area contributed by atoms with E-state index in [0.29, 0.717) is 0 Å². The first-order valence-electron chi connectivity index (χ1n) is 3.10. The van der Waals surface area contributed by atoms with Gasteiger partial charge in [-0.25, -0.2) is 0 Å². The molecule has 0 saturated heterocycles. The molecule has 96 valence electrons. The van der Waals surface area contributed by atoms with Gasteiger partial charge < -0.3 is 0 Å². The second-order valence-corrected chi connectivity index (χ2v) is 8.77. The molecule has 0 aliphatic carbocycles. The summed E-state index contributed by atoms with van der Waals surface area (Å²) in [5.74, 6) is 0. The molecule has 0 amide bonds. The molecule has 2 N–H and O–H groups in total. The summed E-state index contributed by atoms with van der Waals surface area (Å²) in [6, 6.07) is 0. The van der Waals surface area contributed by atoms with Gasteiger partial charge in [0, 0.05) is 0 Å². The maximum absolute atomic E-state index is 8.74. The molecule has 19 heavy (non-hydrogen) atoms. The van der Waals surface area contributed by atoms with Gasteiger partial charge in [0.1, 0.15) is 0 Å². The van der Waals surface area contributed by atoms with Gasteiger partial charge in [0.2, 0.25) is 0 Å². The van der Waals surface area contributed by atoms with Gasteiger partial charge in [-0.1, -0.05) is 0 Å². The third-order valence-corrected chi connectivity index (χ3v) is 4.89. The monoisotopic (exact) mass is 350 g/mol. The van der Waals surface area contributed by atoms with Crippen LogP contribution in [0.2, 0.25) is 0 Å². The van der Waals surface area contributed by atoms with Crippen LogP contribution >= 0.6 is 0 Å². The van der Waals surface area contributed by atoms with Crippen LogP contribution in [0.1, 0.15) is 0 Å². The van der Waals surface area contributed by atoms with Crippen LogP contribution in [0.5, 0.6) is 0 Å². The standard InChI is InChI=1S/6CN.Fe.K.H2O4S.H/c6*1-2;;;1-5(2,3)4;/h;;;;;;;;(H2,1,2,3,4);. The first kappa shape index (κ1) is 23.1. The Morgan fingerprint density at radius 3 is 0.789 bits per heavy atom. The van der Waals surface area contributed by atoms with E-state index in [9.17, 15) is 0 Å². The molecule has 0 unspecified atom stereocenters. The Bertz CT molecular complexity index is 597.